The van der Waals surface area contributed by atoms with Gasteiger partial charge < -0.3 is 19.7 Å². The number of hydrogen-bond acceptors (Lipinski definition) is 4. The minimum absolute atomic E-state index is 0.182. The SMILES string of the molecule is O=C1c2ccccc2N[C@@H](c2cc(Cl)c3c(c2)OCCO3)N1CC(F)(F)F. The van der Waals surface area contributed by atoms with E-state index in [1.807, 2.05) is 0 Å². The van der Waals surface area contributed by atoms with Crippen LogP contribution in [-0.2, 0) is 0 Å². The molecule has 9 heteroatoms. The fourth-order valence-corrected chi connectivity index (χ4v) is 3.47. The van der Waals surface area contributed by atoms with Crippen molar-refractivity contribution in [3.05, 3.63) is 52.5 Å². The summed E-state index contributed by atoms with van der Waals surface area (Å²) >= 11 is 6.23. The predicted molar refractivity (Wildman–Crippen MR) is 92.3 cm³/mol. The number of hydrogen-bond donors (Lipinski definition) is 1. The molecule has 2 heterocycles. The third-order valence-corrected chi connectivity index (χ3v) is 4.59. The fourth-order valence-electron chi connectivity index (χ4n) is 3.20. The number of nitrogens with one attached hydrogen (secondary N) is 1. The summed E-state index contributed by atoms with van der Waals surface area (Å²) < 4.78 is 50.4. The minimum Gasteiger partial charge on any atom is -0.486 e. The van der Waals surface area contributed by atoms with Gasteiger partial charge in [-0.1, -0.05) is 23.7 Å². The summed E-state index contributed by atoms with van der Waals surface area (Å²) in [5.74, 6) is -0.0296. The van der Waals surface area contributed by atoms with Gasteiger partial charge >= 0.3 is 6.18 Å². The molecule has 0 aromatic heterocycles. The maximum absolute atomic E-state index is 13.1. The van der Waals surface area contributed by atoms with E-state index in [4.69, 9.17) is 21.1 Å². The first-order valence-electron chi connectivity index (χ1n) is 8.16. The van der Waals surface area contributed by atoms with Gasteiger partial charge in [-0.15, -0.1) is 0 Å². The summed E-state index contributed by atoms with van der Waals surface area (Å²) in [5.41, 5.74) is 1.01. The Balaban J connectivity index is 1.79. The van der Waals surface area contributed by atoms with Crippen molar-refractivity contribution in [1.82, 2.24) is 4.90 Å². The number of halogens is 4. The minimum atomic E-state index is -4.56. The zero-order chi connectivity index (χ0) is 19.2. The first-order valence-corrected chi connectivity index (χ1v) is 8.53. The van der Waals surface area contributed by atoms with Crippen LogP contribution in [0.1, 0.15) is 22.1 Å². The molecule has 27 heavy (non-hydrogen) atoms. The molecule has 0 unspecified atom stereocenters. The zero-order valence-electron chi connectivity index (χ0n) is 13.8. The van der Waals surface area contributed by atoms with Gasteiger partial charge in [-0.2, -0.15) is 13.2 Å². The van der Waals surface area contributed by atoms with Crippen molar-refractivity contribution in [2.24, 2.45) is 0 Å². The van der Waals surface area contributed by atoms with E-state index in [-0.39, 0.29) is 10.6 Å². The topological polar surface area (TPSA) is 50.8 Å². The second-order valence-electron chi connectivity index (χ2n) is 6.17. The summed E-state index contributed by atoms with van der Waals surface area (Å²) in [6.07, 6.45) is -5.61. The summed E-state index contributed by atoms with van der Waals surface area (Å²) in [4.78, 5) is 13.5. The molecule has 0 spiro atoms. The number of anilines is 1. The monoisotopic (exact) mass is 398 g/mol. The molecule has 1 atom stereocenters. The van der Waals surface area contributed by atoms with Gasteiger partial charge in [0, 0.05) is 11.3 Å². The highest BCUT2D eigenvalue weighted by Gasteiger charge is 2.41. The number of fused-ring (bicyclic) bond motifs is 2. The lowest BCUT2D eigenvalue weighted by atomic mass is 10.0. The molecule has 2 aromatic rings. The highest BCUT2D eigenvalue weighted by molar-refractivity contribution is 6.32. The Morgan fingerprint density at radius 3 is 2.70 bits per heavy atom. The molecule has 0 radical (unpaired) electrons. The largest absolute Gasteiger partial charge is 0.486 e. The lowest BCUT2D eigenvalue weighted by Gasteiger charge is -2.38. The molecule has 0 bridgehead atoms. The molecule has 1 N–H and O–H groups in total. The first kappa shape index (κ1) is 17.8. The van der Waals surface area contributed by atoms with Crippen LogP contribution in [0.2, 0.25) is 5.02 Å². The second kappa shape index (κ2) is 6.53. The average Bonchev–Trinajstić information content (AvgIpc) is 2.63. The number of nitrogens with zero attached hydrogens (tertiary/aromatic N) is 1. The van der Waals surface area contributed by atoms with Crippen molar-refractivity contribution in [2.45, 2.75) is 12.3 Å². The van der Waals surface area contributed by atoms with Crippen molar-refractivity contribution in [2.75, 3.05) is 25.1 Å². The average molecular weight is 399 g/mol. The molecule has 1 amide bonds. The van der Waals surface area contributed by atoms with Crippen LogP contribution >= 0.6 is 11.6 Å². The van der Waals surface area contributed by atoms with E-state index in [0.717, 1.165) is 4.90 Å². The number of benzene rings is 2. The maximum Gasteiger partial charge on any atom is 0.406 e. The number of para-hydroxylation sites is 1. The number of rotatable bonds is 2. The number of carbonyl (C=O) groups excluding carboxylic acids is 1. The molecule has 0 saturated carbocycles. The molecular weight excluding hydrogens is 385 g/mol. The summed E-state index contributed by atoms with van der Waals surface area (Å²) in [5, 5.41) is 3.21. The van der Waals surface area contributed by atoms with Crippen molar-refractivity contribution in [1.29, 1.82) is 0 Å². The van der Waals surface area contributed by atoms with E-state index in [0.29, 0.717) is 36.0 Å². The van der Waals surface area contributed by atoms with Gasteiger partial charge in [-0.25, -0.2) is 0 Å². The van der Waals surface area contributed by atoms with Gasteiger partial charge in [0.25, 0.3) is 5.91 Å². The van der Waals surface area contributed by atoms with E-state index in [2.05, 4.69) is 5.32 Å². The van der Waals surface area contributed by atoms with Gasteiger partial charge in [0.1, 0.15) is 25.9 Å². The van der Waals surface area contributed by atoms with Gasteiger partial charge in [0.2, 0.25) is 0 Å². The Labute approximate surface area is 157 Å². The molecule has 0 aliphatic carbocycles. The predicted octanol–water partition coefficient (Wildman–Crippen LogP) is 4.24. The summed E-state index contributed by atoms with van der Waals surface area (Å²) in [6.45, 7) is -0.761. The molecular formula is C18H14ClF3N2O3. The molecule has 0 fully saturated rings. The van der Waals surface area contributed by atoms with Crippen molar-refractivity contribution < 1.29 is 27.4 Å². The molecule has 2 aromatic carbocycles. The van der Waals surface area contributed by atoms with Crippen LogP contribution in [0.5, 0.6) is 11.5 Å². The molecule has 2 aliphatic rings. The van der Waals surface area contributed by atoms with Crippen LogP contribution in [0.4, 0.5) is 18.9 Å². The number of ether oxygens (including phenoxy) is 2. The van der Waals surface area contributed by atoms with E-state index in [1.165, 1.54) is 12.1 Å². The highest BCUT2D eigenvalue weighted by Crippen LogP contribution is 2.42. The zero-order valence-corrected chi connectivity index (χ0v) is 14.6. The van der Waals surface area contributed by atoms with E-state index < -0.39 is 24.8 Å². The van der Waals surface area contributed by atoms with Crippen LogP contribution in [0.15, 0.2) is 36.4 Å². The maximum atomic E-state index is 13.1. The van der Waals surface area contributed by atoms with Crippen molar-refractivity contribution in [3.8, 4) is 11.5 Å². The summed E-state index contributed by atoms with van der Waals surface area (Å²) in [7, 11) is 0. The molecule has 0 saturated heterocycles. The van der Waals surface area contributed by atoms with Gasteiger partial charge in [-0.3, -0.25) is 4.79 Å². The quantitative estimate of drug-likeness (QED) is 0.822. The van der Waals surface area contributed by atoms with E-state index in [9.17, 15) is 18.0 Å². The normalized spacial score (nSPS) is 18.7. The number of amides is 1. The smallest absolute Gasteiger partial charge is 0.406 e. The Hall–Kier alpha value is -2.61. The fraction of sp³-hybridized carbons (Fsp3) is 0.278. The Bertz CT molecular complexity index is 904. The number of carbonyl (C=O) groups is 1. The summed E-state index contributed by atoms with van der Waals surface area (Å²) in [6, 6.07) is 9.46. The number of alkyl halides is 3. The molecule has 2 aliphatic heterocycles. The third kappa shape index (κ3) is 3.37. The Morgan fingerprint density at radius 1 is 1.19 bits per heavy atom. The standard InChI is InChI=1S/C18H14ClF3N2O3/c19-12-7-10(8-14-15(12)27-6-5-26-14)16-23-13-4-2-1-3-11(13)17(25)24(16)9-18(20,21)22/h1-4,7-8,16,23H,5-6,9H2/t16-/m1/s1. The Kier molecular flexibility index (Phi) is 4.30. The van der Waals surface area contributed by atoms with Gasteiger partial charge in [0.05, 0.1) is 10.6 Å². The van der Waals surface area contributed by atoms with Crippen LogP contribution in [0.25, 0.3) is 0 Å². The molecule has 5 nitrogen and oxygen atoms in total. The highest BCUT2D eigenvalue weighted by atomic mass is 35.5. The van der Waals surface area contributed by atoms with Crippen LogP contribution in [0, 0.1) is 0 Å². The Morgan fingerprint density at radius 2 is 1.93 bits per heavy atom. The lowest BCUT2D eigenvalue weighted by molar-refractivity contribution is -0.144. The van der Waals surface area contributed by atoms with Gasteiger partial charge in [-0.05, 0) is 24.3 Å². The molecule has 4 rings (SSSR count). The van der Waals surface area contributed by atoms with E-state index >= 15 is 0 Å². The lowest BCUT2D eigenvalue weighted by Crippen LogP contribution is -2.47. The van der Waals surface area contributed by atoms with Crippen LogP contribution in [-0.4, -0.2) is 36.7 Å². The first-order chi connectivity index (χ1) is 12.8. The van der Waals surface area contributed by atoms with Crippen molar-refractivity contribution >= 4 is 23.2 Å². The van der Waals surface area contributed by atoms with E-state index in [1.54, 1.807) is 24.3 Å². The third-order valence-electron chi connectivity index (χ3n) is 4.31. The van der Waals surface area contributed by atoms with Gasteiger partial charge in [0.15, 0.2) is 11.5 Å². The second-order valence-corrected chi connectivity index (χ2v) is 6.57. The molecule has 142 valence electrons. The van der Waals surface area contributed by atoms with Crippen molar-refractivity contribution in [3.63, 3.8) is 0 Å². The van der Waals surface area contributed by atoms with Crippen LogP contribution in [0.3, 0.4) is 0 Å². The van der Waals surface area contributed by atoms with Crippen LogP contribution < -0.4 is 14.8 Å².